The van der Waals surface area contributed by atoms with Gasteiger partial charge in [-0.25, -0.2) is 9.97 Å². The number of carbonyl (C=O) groups excluding carboxylic acids is 1. The Kier molecular flexibility index (Phi) is 4.32. The SMILES string of the molecule is Cc1cncc(C(=O)N2CC3(CC(Oc4nccc(C)n4)CCO3)C2)c1. The summed E-state index contributed by atoms with van der Waals surface area (Å²) in [5, 5.41) is 0. The van der Waals surface area contributed by atoms with Gasteiger partial charge in [-0.15, -0.1) is 0 Å². The highest BCUT2D eigenvalue weighted by atomic mass is 16.5. The molecule has 7 heteroatoms. The van der Waals surface area contributed by atoms with Crippen LogP contribution in [0.25, 0.3) is 0 Å². The van der Waals surface area contributed by atoms with Crippen LogP contribution in [0.4, 0.5) is 0 Å². The number of rotatable bonds is 3. The molecule has 1 amide bonds. The Morgan fingerprint density at radius 1 is 1.35 bits per heavy atom. The summed E-state index contributed by atoms with van der Waals surface area (Å²) in [6, 6.07) is 4.11. The maximum absolute atomic E-state index is 12.6. The Labute approximate surface area is 152 Å². The Morgan fingerprint density at radius 3 is 2.96 bits per heavy atom. The fourth-order valence-electron chi connectivity index (χ4n) is 3.58. The molecule has 2 saturated heterocycles. The number of hydrogen-bond donors (Lipinski definition) is 0. The molecule has 4 heterocycles. The van der Waals surface area contributed by atoms with E-state index < -0.39 is 0 Å². The highest BCUT2D eigenvalue weighted by molar-refractivity contribution is 5.94. The number of likely N-dealkylation sites (tertiary alicyclic amines) is 1. The van der Waals surface area contributed by atoms with Crippen LogP contribution < -0.4 is 4.74 Å². The normalized spacial score (nSPS) is 21.3. The third-order valence-corrected chi connectivity index (χ3v) is 4.86. The summed E-state index contributed by atoms with van der Waals surface area (Å²) in [5.74, 6) is 0.000448. The van der Waals surface area contributed by atoms with E-state index in [4.69, 9.17) is 9.47 Å². The molecular formula is C19H22N4O3. The monoisotopic (exact) mass is 354 g/mol. The molecule has 0 bridgehead atoms. The van der Waals surface area contributed by atoms with Gasteiger partial charge in [-0.3, -0.25) is 9.78 Å². The van der Waals surface area contributed by atoms with Crippen molar-refractivity contribution < 1.29 is 14.3 Å². The Morgan fingerprint density at radius 2 is 2.19 bits per heavy atom. The lowest BCUT2D eigenvalue weighted by molar-refractivity contribution is -0.174. The molecule has 136 valence electrons. The summed E-state index contributed by atoms with van der Waals surface area (Å²) in [4.78, 5) is 27.0. The first-order valence-corrected chi connectivity index (χ1v) is 8.84. The third kappa shape index (κ3) is 3.39. The molecule has 7 nitrogen and oxygen atoms in total. The fourth-order valence-corrected chi connectivity index (χ4v) is 3.58. The van der Waals surface area contributed by atoms with Crippen molar-refractivity contribution in [3.63, 3.8) is 0 Å². The average molecular weight is 354 g/mol. The van der Waals surface area contributed by atoms with E-state index in [1.54, 1.807) is 18.6 Å². The molecule has 0 aromatic carbocycles. The second-order valence-electron chi connectivity index (χ2n) is 7.16. The summed E-state index contributed by atoms with van der Waals surface area (Å²) in [6.45, 7) is 5.61. The Bertz CT molecular complexity index is 820. The van der Waals surface area contributed by atoms with E-state index in [-0.39, 0.29) is 17.6 Å². The molecule has 2 aliphatic rings. The van der Waals surface area contributed by atoms with Crippen LogP contribution in [-0.4, -0.2) is 57.2 Å². The van der Waals surface area contributed by atoms with E-state index in [0.717, 1.165) is 24.1 Å². The minimum absolute atomic E-state index is 0.000448. The van der Waals surface area contributed by atoms with Gasteiger partial charge in [0.15, 0.2) is 0 Å². The zero-order valence-corrected chi connectivity index (χ0v) is 15.0. The fraction of sp³-hybridized carbons (Fsp3) is 0.474. The number of carbonyl (C=O) groups is 1. The molecule has 2 aliphatic heterocycles. The largest absolute Gasteiger partial charge is 0.460 e. The van der Waals surface area contributed by atoms with Gasteiger partial charge in [-0.2, -0.15) is 0 Å². The van der Waals surface area contributed by atoms with E-state index in [9.17, 15) is 4.79 Å². The first kappa shape index (κ1) is 16.9. The minimum atomic E-state index is -0.320. The second-order valence-corrected chi connectivity index (χ2v) is 7.16. The molecule has 1 atom stereocenters. The van der Waals surface area contributed by atoms with Crippen LogP contribution in [-0.2, 0) is 4.74 Å². The molecule has 1 spiro atoms. The van der Waals surface area contributed by atoms with E-state index in [1.165, 1.54) is 0 Å². The number of pyridine rings is 1. The average Bonchev–Trinajstić information content (AvgIpc) is 2.59. The van der Waals surface area contributed by atoms with Gasteiger partial charge in [0, 0.05) is 37.1 Å². The zero-order valence-electron chi connectivity index (χ0n) is 15.0. The summed E-state index contributed by atoms with van der Waals surface area (Å²) < 4.78 is 12.0. The topological polar surface area (TPSA) is 77.4 Å². The molecule has 4 rings (SSSR count). The summed E-state index contributed by atoms with van der Waals surface area (Å²) in [7, 11) is 0. The van der Waals surface area contributed by atoms with Crippen LogP contribution >= 0.6 is 0 Å². The maximum Gasteiger partial charge on any atom is 0.316 e. The summed E-state index contributed by atoms with van der Waals surface area (Å²) in [5.41, 5.74) is 2.16. The van der Waals surface area contributed by atoms with E-state index in [0.29, 0.717) is 31.3 Å². The number of hydrogen-bond acceptors (Lipinski definition) is 6. The lowest BCUT2D eigenvalue weighted by atomic mass is 9.84. The van der Waals surface area contributed by atoms with Crippen molar-refractivity contribution in [1.29, 1.82) is 0 Å². The van der Waals surface area contributed by atoms with E-state index in [2.05, 4.69) is 15.0 Å². The maximum atomic E-state index is 12.6. The number of aryl methyl sites for hydroxylation is 2. The van der Waals surface area contributed by atoms with Gasteiger partial charge in [0.1, 0.15) is 11.7 Å². The second kappa shape index (κ2) is 6.64. The quantitative estimate of drug-likeness (QED) is 0.838. The predicted molar refractivity (Wildman–Crippen MR) is 94.0 cm³/mol. The smallest absolute Gasteiger partial charge is 0.316 e. The van der Waals surface area contributed by atoms with Crippen LogP contribution in [0.5, 0.6) is 6.01 Å². The van der Waals surface area contributed by atoms with Crippen molar-refractivity contribution in [2.75, 3.05) is 19.7 Å². The standard InChI is InChI=1S/C19H22N4O3/c1-13-7-15(10-20-9-13)17(24)23-11-19(12-23)8-16(4-6-25-19)26-18-21-5-3-14(2)22-18/h3,5,7,9-10,16H,4,6,8,11-12H2,1-2H3. The predicted octanol–water partition coefficient (Wildman–Crippen LogP) is 1.94. The van der Waals surface area contributed by atoms with Crippen LogP contribution in [0.3, 0.4) is 0 Å². The highest BCUT2D eigenvalue weighted by Crippen LogP contribution is 2.36. The van der Waals surface area contributed by atoms with Crippen molar-refractivity contribution in [2.24, 2.45) is 0 Å². The zero-order chi connectivity index (χ0) is 18.1. The van der Waals surface area contributed by atoms with Crippen LogP contribution in [0.2, 0.25) is 0 Å². The molecule has 0 saturated carbocycles. The lowest BCUT2D eigenvalue weighted by Crippen LogP contribution is -2.67. The van der Waals surface area contributed by atoms with E-state index >= 15 is 0 Å². The third-order valence-electron chi connectivity index (χ3n) is 4.86. The highest BCUT2D eigenvalue weighted by Gasteiger charge is 2.50. The van der Waals surface area contributed by atoms with Crippen molar-refractivity contribution >= 4 is 5.91 Å². The van der Waals surface area contributed by atoms with Crippen molar-refractivity contribution in [2.45, 2.75) is 38.4 Å². The van der Waals surface area contributed by atoms with Crippen molar-refractivity contribution in [1.82, 2.24) is 19.9 Å². The van der Waals surface area contributed by atoms with Gasteiger partial charge in [-0.05, 0) is 31.5 Å². The number of ether oxygens (including phenoxy) is 2. The van der Waals surface area contributed by atoms with Gasteiger partial charge in [0.2, 0.25) is 0 Å². The van der Waals surface area contributed by atoms with E-state index in [1.807, 2.05) is 30.9 Å². The molecule has 1 unspecified atom stereocenters. The minimum Gasteiger partial charge on any atom is -0.460 e. The molecule has 0 aliphatic carbocycles. The Balaban J connectivity index is 1.37. The molecule has 2 fully saturated rings. The van der Waals surface area contributed by atoms with Crippen LogP contribution in [0, 0.1) is 13.8 Å². The summed E-state index contributed by atoms with van der Waals surface area (Å²) in [6.07, 6.45) is 6.60. The van der Waals surface area contributed by atoms with Gasteiger partial charge in [0.25, 0.3) is 5.91 Å². The number of nitrogens with zero attached hydrogens (tertiary/aromatic N) is 4. The van der Waals surface area contributed by atoms with Crippen LogP contribution in [0.15, 0.2) is 30.7 Å². The molecule has 2 aromatic rings. The molecule has 0 radical (unpaired) electrons. The molecule has 26 heavy (non-hydrogen) atoms. The van der Waals surface area contributed by atoms with Crippen LogP contribution in [0.1, 0.15) is 34.5 Å². The first-order valence-electron chi connectivity index (χ1n) is 8.84. The lowest BCUT2D eigenvalue weighted by Gasteiger charge is -2.52. The molecular weight excluding hydrogens is 332 g/mol. The Hall–Kier alpha value is -2.54. The summed E-state index contributed by atoms with van der Waals surface area (Å²) >= 11 is 0. The van der Waals surface area contributed by atoms with Gasteiger partial charge in [0.05, 0.1) is 25.3 Å². The van der Waals surface area contributed by atoms with Gasteiger partial charge in [-0.1, -0.05) is 0 Å². The van der Waals surface area contributed by atoms with Crippen molar-refractivity contribution in [3.05, 3.63) is 47.5 Å². The first-order chi connectivity index (χ1) is 12.5. The molecule has 2 aromatic heterocycles. The van der Waals surface area contributed by atoms with Crippen molar-refractivity contribution in [3.8, 4) is 6.01 Å². The van der Waals surface area contributed by atoms with Gasteiger partial charge >= 0.3 is 6.01 Å². The van der Waals surface area contributed by atoms with Gasteiger partial charge < -0.3 is 14.4 Å². The molecule has 0 N–H and O–H groups in total. The number of aromatic nitrogens is 3. The number of amides is 1.